The molecule has 0 radical (unpaired) electrons. The highest BCUT2D eigenvalue weighted by Gasteiger charge is 2.36. The lowest BCUT2D eigenvalue weighted by Crippen LogP contribution is -2.49. The van der Waals surface area contributed by atoms with Crippen molar-refractivity contribution in [2.45, 2.75) is 38.5 Å². The highest BCUT2D eigenvalue weighted by Crippen LogP contribution is 2.30. The molecule has 0 fully saturated rings. The summed E-state index contributed by atoms with van der Waals surface area (Å²) >= 11 is 0. The molecular formula is C14H19NO3. The normalized spacial score (nSPS) is 14.6. The molecular weight excluding hydrogens is 230 g/mol. The first-order chi connectivity index (χ1) is 8.43. The minimum atomic E-state index is -1.11. The summed E-state index contributed by atoms with van der Waals surface area (Å²) in [5.41, 5.74) is -0.850. The molecule has 1 unspecified atom stereocenters. The summed E-state index contributed by atoms with van der Waals surface area (Å²) in [6, 6.07) is 9.20. The van der Waals surface area contributed by atoms with Gasteiger partial charge in [-0.25, -0.2) is 0 Å². The van der Waals surface area contributed by atoms with Crippen molar-refractivity contribution in [3.05, 3.63) is 35.9 Å². The summed E-state index contributed by atoms with van der Waals surface area (Å²) in [7, 11) is 0. The molecule has 0 aliphatic carbocycles. The fourth-order valence-electron chi connectivity index (χ4n) is 1.83. The van der Waals surface area contributed by atoms with Crippen LogP contribution in [-0.2, 0) is 20.1 Å². The van der Waals surface area contributed by atoms with Gasteiger partial charge in [0.15, 0.2) is 5.72 Å². The summed E-state index contributed by atoms with van der Waals surface area (Å²) < 4.78 is 5.92. The topological polar surface area (TPSA) is 55.4 Å². The van der Waals surface area contributed by atoms with Crippen LogP contribution in [0.25, 0.3) is 0 Å². The molecule has 1 rings (SSSR count). The van der Waals surface area contributed by atoms with Crippen LogP contribution >= 0.6 is 0 Å². The van der Waals surface area contributed by atoms with Gasteiger partial charge >= 0.3 is 0 Å². The van der Waals surface area contributed by atoms with E-state index in [1.54, 1.807) is 0 Å². The maximum Gasteiger partial charge on any atom is 0.209 e. The molecule has 0 spiro atoms. The Morgan fingerprint density at radius 3 is 2.22 bits per heavy atom. The van der Waals surface area contributed by atoms with Crippen LogP contribution in [0, 0.1) is 0 Å². The molecule has 0 saturated carbocycles. The van der Waals surface area contributed by atoms with Crippen LogP contribution in [0.4, 0.5) is 0 Å². The molecule has 0 aliphatic rings. The van der Waals surface area contributed by atoms with Crippen LogP contribution in [0.3, 0.4) is 0 Å². The Morgan fingerprint density at radius 1 is 1.17 bits per heavy atom. The minimum Gasteiger partial charge on any atom is -0.345 e. The zero-order valence-electron chi connectivity index (χ0n) is 11.0. The molecule has 98 valence electrons. The molecule has 0 bridgehead atoms. The van der Waals surface area contributed by atoms with E-state index in [1.807, 2.05) is 51.1 Å². The molecule has 1 amide bonds. The highest BCUT2D eigenvalue weighted by atomic mass is 16.5. The third kappa shape index (κ3) is 3.67. The lowest BCUT2D eigenvalue weighted by atomic mass is 9.98. The Kier molecular flexibility index (Phi) is 4.62. The average molecular weight is 249 g/mol. The molecule has 0 heterocycles. The quantitative estimate of drug-likeness (QED) is 0.619. The highest BCUT2D eigenvalue weighted by molar-refractivity contribution is 5.56. The number of benzene rings is 1. The van der Waals surface area contributed by atoms with Gasteiger partial charge in [0.05, 0.1) is 12.0 Å². The summed E-state index contributed by atoms with van der Waals surface area (Å²) in [5.74, 6) is 0. The second kappa shape index (κ2) is 5.78. The van der Waals surface area contributed by atoms with Gasteiger partial charge in [-0.15, -0.1) is 0 Å². The number of ether oxygens (including phenoxy) is 1. The number of carbonyl (C=O) groups is 2. The number of aldehydes is 1. The minimum absolute atomic E-state index is 0.0625. The number of hydrogen-bond acceptors (Lipinski definition) is 3. The molecule has 18 heavy (non-hydrogen) atoms. The summed E-state index contributed by atoms with van der Waals surface area (Å²) in [4.78, 5) is 21.8. The van der Waals surface area contributed by atoms with Crippen molar-refractivity contribution < 1.29 is 14.3 Å². The Morgan fingerprint density at radius 2 is 1.78 bits per heavy atom. The van der Waals surface area contributed by atoms with Crippen LogP contribution in [-0.4, -0.2) is 18.3 Å². The molecule has 0 saturated heterocycles. The van der Waals surface area contributed by atoms with Crippen molar-refractivity contribution >= 4 is 12.7 Å². The van der Waals surface area contributed by atoms with E-state index in [9.17, 15) is 9.59 Å². The maximum absolute atomic E-state index is 10.9. The molecule has 1 atom stereocenters. The van der Waals surface area contributed by atoms with Gasteiger partial charge in [-0.2, -0.15) is 0 Å². The van der Waals surface area contributed by atoms with Gasteiger partial charge in [-0.05, 0) is 20.8 Å². The summed E-state index contributed by atoms with van der Waals surface area (Å²) in [5, 5.41) is 2.64. The van der Waals surface area contributed by atoms with E-state index in [1.165, 1.54) is 0 Å². The van der Waals surface area contributed by atoms with Gasteiger partial charge < -0.3 is 14.8 Å². The predicted molar refractivity (Wildman–Crippen MR) is 68.8 cm³/mol. The van der Waals surface area contributed by atoms with Crippen molar-refractivity contribution in [2.24, 2.45) is 0 Å². The number of amides is 1. The van der Waals surface area contributed by atoms with E-state index in [4.69, 9.17) is 4.74 Å². The van der Waals surface area contributed by atoms with Gasteiger partial charge in [0.25, 0.3) is 0 Å². The standard InChI is InChI=1S/C14H19NO3/c1-13(2,3)18-14(9-10-16,15-11-17)12-7-5-4-6-8-12/h4-8,10-11H,9H2,1-3H3,(H,15,17). The largest absolute Gasteiger partial charge is 0.345 e. The van der Waals surface area contributed by atoms with Crippen molar-refractivity contribution in [1.82, 2.24) is 5.32 Å². The Labute approximate surface area is 107 Å². The average Bonchev–Trinajstić information content (AvgIpc) is 2.28. The van der Waals surface area contributed by atoms with E-state index in [2.05, 4.69) is 5.32 Å². The Bertz CT molecular complexity index is 385. The monoisotopic (exact) mass is 249 g/mol. The van der Waals surface area contributed by atoms with E-state index < -0.39 is 11.3 Å². The van der Waals surface area contributed by atoms with Crippen LogP contribution < -0.4 is 5.32 Å². The third-order valence-corrected chi connectivity index (χ3v) is 2.38. The SMILES string of the molecule is CC(C)(C)OC(CC=O)(NC=O)c1ccccc1. The molecule has 1 N–H and O–H groups in total. The zero-order chi connectivity index (χ0) is 13.6. The maximum atomic E-state index is 10.9. The van der Waals surface area contributed by atoms with Crippen LogP contribution in [0.1, 0.15) is 32.8 Å². The number of hydrogen-bond donors (Lipinski definition) is 1. The van der Waals surface area contributed by atoms with Crippen LogP contribution in [0.15, 0.2) is 30.3 Å². The smallest absolute Gasteiger partial charge is 0.209 e. The lowest BCUT2D eigenvalue weighted by Gasteiger charge is -2.38. The van der Waals surface area contributed by atoms with Gasteiger partial charge in [-0.3, -0.25) is 4.79 Å². The van der Waals surface area contributed by atoms with Gasteiger partial charge in [0, 0.05) is 5.56 Å². The molecule has 0 aromatic heterocycles. The summed E-state index contributed by atoms with van der Waals surface area (Å²) in [6.45, 7) is 5.63. The number of nitrogens with one attached hydrogen (secondary N) is 1. The van der Waals surface area contributed by atoms with E-state index >= 15 is 0 Å². The van der Waals surface area contributed by atoms with Gasteiger partial charge in [-0.1, -0.05) is 30.3 Å². The van der Waals surface area contributed by atoms with E-state index in [-0.39, 0.29) is 6.42 Å². The van der Waals surface area contributed by atoms with E-state index in [0.717, 1.165) is 11.8 Å². The third-order valence-electron chi connectivity index (χ3n) is 2.38. The molecule has 1 aromatic rings. The van der Waals surface area contributed by atoms with E-state index in [0.29, 0.717) is 6.41 Å². The molecule has 4 nitrogen and oxygen atoms in total. The van der Waals surface area contributed by atoms with Crippen molar-refractivity contribution in [1.29, 1.82) is 0 Å². The zero-order valence-corrected chi connectivity index (χ0v) is 11.0. The fraction of sp³-hybridized carbons (Fsp3) is 0.429. The fourth-order valence-corrected chi connectivity index (χ4v) is 1.83. The van der Waals surface area contributed by atoms with Crippen molar-refractivity contribution in [2.75, 3.05) is 0 Å². The lowest BCUT2D eigenvalue weighted by molar-refractivity contribution is -0.165. The second-order valence-corrected chi connectivity index (χ2v) is 5.04. The Hall–Kier alpha value is -1.68. The van der Waals surface area contributed by atoms with Crippen molar-refractivity contribution in [3.8, 4) is 0 Å². The first-order valence-corrected chi connectivity index (χ1v) is 5.84. The predicted octanol–water partition coefficient (Wildman–Crippen LogP) is 1.99. The number of rotatable bonds is 6. The van der Waals surface area contributed by atoms with Crippen molar-refractivity contribution in [3.63, 3.8) is 0 Å². The van der Waals surface area contributed by atoms with Gasteiger partial charge in [0.2, 0.25) is 6.41 Å². The first-order valence-electron chi connectivity index (χ1n) is 5.84. The number of carbonyl (C=O) groups excluding carboxylic acids is 2. The molecule has 1 aromatic carbocycles. The summed E-state index contributed by atoms with van der Waals surface area (Å²) in [6.07, 6.45) is 1.37. The van der Waals surface area contributed by atoms with Crippen LogP contribution in [0.2, 0.25) is 0 Å². The van der Waals surface area contributed by atoms with Crippen LogP contribution in [0.5, 0.6) is 0 Å². The molecule has 4 heteroatoms. The molecule has 0 aliphatic heterocycles. The first kappa shape index (κ1) is 14.4. The second-order valence-electron chi connectivity index (χ2n) is 5.04. The Balaban J connectivity index is 3.20. The van der Waals surface area contributed by atoms with Gasteiger partial charge in [0.1, 0.15) is 6.29 Å².